The monoisotopic (exact) mass is 244 g/mol. The summed E-state index contributed by atoms with van der Waals surface area (Å²) in [6.07, 6.45) is -3.10. The zero-order valence-electron chi connectivity index (χ0n) is 9.37. The van der Waals surface area contributed by atoms with Crippen LogP contribution in [-0.4, -0.2) is 24.5 Å². The van der Waals surface area contributed by atoms with Gasteiger partial charge in [0.2, 0.25) is 0 Å². The first-order chi connectivity index (χ1) is 7.97. The van der Waals surface area contributed by atoms with Crippen LogP contribution in [0.2, 0.25) is 0 Å². The second-order valence-electron chi connectivity index (χ2n) is 4.38. The summed E-state index contributed by atoms with van der Waals surface area (Å²) in [5, 5.41) is 0. The average Bonchev–Trinajstić information content (AvgIpc) is 2.22. The molecule has 94 valence electrons. The summed E-state index contributed by atoms with van der Waals surface area (Å²) in [7, 11) is 0. The summed E-state index contributed by atoms with van der Waals surface area (Å²) in [6, 6.07) is 4.90. The molecule has 0 spiro atoms. The third-order valence-electron chi connectivity index (χ3n) is 3.07. The smallest absolute Gasteiger partial charge is 0.323 e. The molecule has 1 aliphatic rings. The van der Waals surface area contributed by atoms with Crippen molar-refractivity contribution in [1.29, 1.82) is 0 Å². The van der Waals surface area contributed by atoms with E-state index in [0.717, 1.165) is 30.8 Å². The Balaban J connectivity index is 2.01. The molecule has 2 rings (SSSR count). The Kier molecular flexibility index (Phi) is 3.40. The van der Waals surface area contributed by atoms with Gasteiger partial charge in [0.25, 0.3) is 0 Å². The van der Waals surface area contributed by atoms with Gasteiger partial charge in [0.05, 0.1) is 5.56 Å². The van der Waals surface area contributed by atoms with Gasteiger partial charge in [-0.1, -0.05) is 12.1 Å². The summed E-state index contributed by atoms with van der Waals surface area (Å²) < 4.78 is 37.1. The van der Waals surface area contributed by atoms with Crippen molar-refractivity contribution in [2.45, 2.75) is 18.6 Å². The maximum absolute atomic E-state index is 12.4. The number of rotatable bonds is 3. The number of nitrogens with two attached hydrogens (primary N) is 1. The van der Waals surface area contributed by atoms with E-state index in [1.165, 1.54) is 18.6 Å². The van der Waals surface area contributed by atoms with Crippen LogP contribution in [0.25, 0.3) is 0 Å². The lowest BCUT2D eigenvalue weighted by atomic mass is 10.0. The molecule has 1 atom stereocenters. The van der Waals surface area contributed by atoms with Gasteiger partial charge in [-0.05, 0) is 37.2 Å². The number of benzene rings is 1. The van der Waals surface area contributed by atoms with Crippen molar-refractivity contribution in [3.63, 3.8) is 0 Å². The standard InChI is InChI=1S/C12H15F3N2/c13-12(14,15)10-4-2-9(3-5-10)11(16)8-17-6-1-7-17/h2-5,11H,1,6-8,16H2. The highest BCUT2D eigenvalue weighted by Crippen LogP contribution is 2.29. The van der Waals surface area contributed by atoms with E-state index in [-0.39, 0.29) is 6.04 Å². The van der Waals surface area contributed by atoms with Gasteiger partial charge in [0.1, 0.15) is 0 Å². The molecule has 1 aromatic carbocycles. The number of likely N-dealkylation sites (tertiary alicyclic amines) is 1. The Morgan fingerprint density at radius 3 is 2.18 bits per heavy atom. The van der Waals surface area contributed by atoms with Crippen molar-refractivity contribution < 1.29 is 13.2 Å². The van der Waals surface area contributed by atoms with Gasteiger partial charge in [-0.15, -0.1) is 0 Å². The summed E-state index contributed by atoms with van der Waals surface area (Å²) in [5.74, 6) is 0. The van der Waals surface area contributed by atoms with E-state index in [1.54, 1.807) is 0 Å². The minimum Gasteiger partial charge on any atom is -0.323 e. The number of alkyl halides is 3. The number of halogens is 3. The highest BCUT2D eigenvalue weighted by Gasteiger charge is 2.30. The van der Waals surface area contributed by atoms with Crippen LogP contribution in [0.15, 0.2) is 24.3 Å². The van der Waals surface area contributed by atoms with E-state index in [1.807, 2.05) is 0 Å². The zero-order valence-corrected chi connectivity index (χ0v) is 9.37. The van der Waals surface area contributed by atoms with Crippen LogP contribution < -0.4 is 5.73 Å². The Morgan fingerprint density at radius 2 is 1.76 bits per heavy atom. The van der Waals surface area contributed by atoms with Gasteiger partial charge in [-0.3, -0.25) is 0 Å². The third kappa shape index (κ3) is 2.98. The van der Waals surface area contributed by atoms with Crippen molar-refractivity contribution in [2.24, 2.45) is 5.73 Å². The van der Waals surface area contributed by atoms with E-state index in [0.29, 0.717) is 6.54 Å². The van der Waals surface area contributed by atoms with Crippen LogP contribution in [-0.2, 0) is 6.18 Å². The Morgan fingerprint density at radius 1 is 1.18 bits per heavy atom. The van der Waals surface area contributed by atoms with Crippen molar-refractivity contribution in [1.82, 2.24) is 4.90 Å². The van der Waals surface area contributed by atoms with Gasteiger partial charge in [-0.2, -0.15) is 13.2 Å². The first-order valence-corrected chi connectivity index (χ1v) is 5.62. The second-order valence-corrected chi connectivity index (χ2v) is 4.38. The van der Waals surface area contributed by atoms with E-state index in [2.05, 4.69) is 4.90 Å². The van der Waals surface area contributed by atoms with Crippen LogP contribution in [0.5, 0.6) is 0 Å². The molecule has 5 heteroatoms. The van der Waals surface area contributed by atoms with Crippen LogP contribution in [0.1, 0.15) is 23.6 Å². The second kappa shape index (κ2) is 4.66. The highest BCUT2D eigenvalue weighted by molar-refractivity contribution is 5.26. The van der Waals surface area contributed by atoms with Gasteiger partial charge >= 0.3 is 6.18 Å². The molecule has 0 aromatic heterocycles. The molecule has 0 saturated carbocycles. The zero-order chi connectivity index (χ0) is 12.5. The van der Waals surface area contributed by atoms with Crippen LogP contribution in [0.3, 0.4) is 0 Å². The fourth-order valence-corrected chi connectivity index (χ4v) is 1.87. The lowest BCUT2D eigenvalue weighted by molar-refractivity contribution is -0.137. The highest BCUT2D eigenvalue weighted by atomic mass is 19.4. The Labute approximate surface area is 98.2 Å². The molecule has 0 radical (unpaired) electrons. The Bertz CT molecular complexity index is 368. The molecule has 1 fully saturated rings. The van der Waals surface area contributed by atoms with Crippen molar-refractivity contribution in [3.8, 4) is 0 Å². The molecule has 17 heavy (non-hydrogen) atoms. The van der Waals surface area contributed by atoms with Gasteiger partial charge in [-0.25, -0.2) is 0 Å². The normalized spacial score (nSPS) is 18.8. The molecule has 1 aromatic rings. The summed E-state index contributed by atoms with van der Waals surface area (Å²) in [4.78, 5) is 2.20. The van der Waals surface area contributed by atoms with Gasteiger partial charge < -0.3 is 10.6 Å². The fraction of sp³-hybridized carbons (Fsp3) is 0.500. The topological polar surface area (TPSA) is 29.3 Å². The summed E-state index contributed by atoms with van der Waals surface area (Å²) >= 11 is 0. The molecule has 0 amide bonds. The largest absolute Gasteiger partial charge is 0.416 e. The quantitative estimate of drug-likeness (QED) is 0.884. The average molecular weight is 244 g/mol. The molecule has 2 N–H and O–H groups in total. The molecule has 2 nitrogen and oxygen atoms in total. The first-order valence-electron chi connectivity index (χ1n) is 5.62. The number of hydrogen-bond acceptors (Lipinski definition) is 2. The molecule has 1 unspecified atom stereocenters. The van der Waals surface area contributed by atoms with E-state index >= 15 is 0 Å². The minimum absolute atomic E-state index is 0.211. The van der Waals surface area contributed by atoms with Crippen molar-refractivity contribution in [3.05, 3.63) is 35.4 Å². The van der Waals surface area contributed by atoms with Crippen LogP contribution in [0, 0.1) is 0 Å². The van der Waals surface area contributed by atoms with E-state index in [4.69, 9.17) is 5.73 Å². The van der Waals surface area contributed by atoms with Crippen molar-refractivity contribution >= 4 is 0 Å². The molecule has 0 bridgehead atoms. The fourth-order valence-electron chi connectivity index (χ4n) is 1.87. The van der Waals surface area contributed by atoms with Crippen LogP contribution in [0.4, 0.5) is 13.2 Å². The van der Waals surface area contributed by atoms with E-state index in [9.17, 15) is 13.2 Å². The maximum Gasteiger partial charge on any atom is 0.416 e. The molecule has 0 aliphatic carbocycles. The predicted molar refractivity (Wildman–Crippen MR) is 59.4 cm³/mol. The van der Waals surface area contributed by atoms with Gasteiger partial charge in [0, 0.05) is 12.6 Å². The summed E-state index contributed by atoms with van der Waals surface area (Å²) in [5.41, 5.74) is 6.07. The Hall–Kier alpha value is -1.07. The van der Waals surface area contributed by atoms with E-state index < -0.39 is 11.7 Å². The summed E-state index contributed by atoms with van der Waals surface area (Å²) in [6.45, 7) is 2.79. The third-order valence-corrected chi connectivity index (χ3v) is 3.07. The maximum atomic E-state index is 12.4. The van der Waals surface area contributed by atoms with Gasteiger partial charge in [0.15, 0.2) is 0 Å². The lowest BCUT2D eigenvalue weighted by Gasteiger charge is -2.33. The SMILES string of the molecule is NC(CN1CCC1)c1ccc(C(F)(F)F)cc1. The predicted octanol–water partition coefficient (Wildman–Crippen LogP) is 2.41. The molecule has 1 saturated heterocycles. The lowest BCUT2D eigenvalue weighted by Crippen LogP contribution is -2.41. The first kappa shape index (κ1) is 12.4. The number of hydrogen-bond donors (Lipinski definition) is 1. The number of nitrogens with zero attached hydrogens (tertiary/aromatic N) is 1. The molecule has 1 heterocycles. The van der Waals surface area contributed by atoms with Crippen molar-refractivity contribution in [2.75, 3.05) is 19.6 Å². The minimum atomic E-state index is -4.28. The molecule has 1 aliphatic heterocycles. The van der Waals surface area contributed by atoms with Crippen LogP contribution >= 0.6 is 0 Å². The molecular formula is C12H15F3N2. The molecular weight excluding hydrogens is 229 g/mol.